The van der Waals surface area contributed by atoms with E-state index in [1.807, 2.05) is 24.3 Å². The molecule has 0 spiro atoms. The third kappa shape index (κ3) is 3.10. The largest absolute Gasteiger partial charge is 0.416 e. The Labute approximate surface area is 121 Å². The summed E-state index contributed by atoms with van der Waals surface area (Å²) in [5.74, 6) is 0. The Morgan fingerprint density at radius 1 is 0.952 bits per heavy atom. The molecule has 1 atom stereocenters. The number of hydrogen-bond donors (Lipinski definition) is 1. The highest BCUT2D eigenvalue weighted by Crippen LogP contribution is 2.32. The van der Waals surface area contributed by atoms with Crippen LogP contribution in [0.3, 0.4) is 0 Å². The van der Waals surface area contributed by atoms with E-state index in [2.05, 4.69) is 5.32 Å². The first-order valence-electron chi connectivity index (χ1n) is 7.05. The van der Waals surface area contributed by atoms with Crippen molar-refractivity contribution in [1.82, 2.24) is 5.32 Å². The maximum Gasteiger partial charge on any atom is 0.416 e. The maximum atomic E-state index is 12.7. The van der Waals surface area contributed by atoms with E-state index in [9.17, 15) is 13.2 Å². The van der Waals surface area contributed by atoms with Crippen molar-refractivity contribution in [2.75, 3.05) is 6.54 Å². The monoisotopic (exact) mass is 291 g/mol. The minimum atomic E-state index is -4.30. The molecule has 2 aromatic rings. The van der Waals surface area contributed by atoms with Gasteiger partial charge in [0.2, 0.25) is 0 Å². The summed E-state index contributed by atoms with van der Waals surface area (Å²) in [6.45, 7) is 1.03. The summed E-state index contributed by atoms with van der Waals surface area (Å²) >= 11 is 0. The number of hydrogen-bond acceptors (Lipinski definition) is 1. The zero-order valence-corrected chi connectivity index (χ0v) is 11.5. The molecule has 0 bridgehead atoms. The lowest BCUT2D eigenvalue weighted by Gasteiger charge is -2.12. The van der Waals surface area contributed by atoms with Crippen molar-refractivity contribution in [3.63, 3.8) is 0 Å². The van der Waals surface area contributed by atoms with Crippen LogP contribution in [-0.4, -0.2) is 6.54 Å². The zero-order valence-electron chi connectivity index (χ0n) is 11.5. The second kappa shape index (κ2) is 5.53. The topological polar surface area (TPSA) is 12.0 Å². The van der Waals surface area contributed by atoms with E-state index in [0.29, 0.717) is 11.6 Å². The highest BCUT2D eigenvalue weighted by atomic mass is 19.4. The van der Waals surface area contributed by atoms with Crippen LogP contribution >= 0.6 is 0 Å². The van der Waals surface area contributed by atoms with Crippen LogP contribution in [0, 0.1) is 0 Å². The number of benzene rings is 2. The highest BCUT2D eigenvalue weighted by molar-refractivity contribution is 5.64. The Bertz CT molecular complexity index is 611. The summed E-state index contributed by atoms with van der Waals surface area (Å²) in [6, 6.07) is 13.6. The van der Waals surface area contributed by atoms with Gasteiger partial charge in [0.15, 0.2) is 0 Å². The summed E-state index contributed by atoms with van der Waals surface area (Å²) < 4.78 is 38.2. The van der Waals surface area contributed by atoms with Crippen LogP contribution in [0.4, 0.5) is 13.2 Å². The molecule has 0 aromatic heterocycles. The van der Waals surface area contributed by atoms with Gasteiger partial charge < -0.3 is 5.32 Å². The lowest BCUT2D eigenvalue weighted by molar-refractivity contribution is -0.137. The Balaban J connectivity index is 1.87. The molecular formula is C17H16F3N. The van der Waals surface area contributed by atoms with Crippen molar-refractivity contribution in [3.05, 3.63) is 59.7 Å². The molecule has 1 saturated heterocycles. The van der Waals surface area contributed by atoms with Gasteiger partial charge in [-0.1, -0.05) is 36.4 Å². The van der Waals surface area contributed by atoms with E-state index < -0.39 is 11.7 Å². The fraction of sp³-hybridized carbons (Fsp3) is 0.294. The molecular weight excluding hydrogens is 275 g/mol. The van der Waals surface area contributed by atoms with Gasteiger partial charge in [0.05, 0.1) is 5.56 Å². The maximum absolute atomic E-state index is 12.7. The molecule has 1 fully saturated rings. The van der Waals surface area contributed by atoms with Crippen LogP contribution in [0.25, 0.3) is 11.1 Å². The third-order valence-corrected chi connectivity index (χ3v) is 3.90. The van der Waals surface area contributed by atoms with Gasteiger partial charge in [0.25, 0.3) is 0 Å². The molecule has 1 heterocycles. The molecule has 2 aromatic carbocycles. The molecule has 0 saturated carbocycles. The molecule has 1 nitrogen and oxygen atoms in total. The van der Waals surface area contributed by atoms with Crippen molar-refractivity contribution in [2.45, 2.75) is 25.1 Å². The Morgan fingerprint density at radius 2 is 1.71 bits per heavy atom. The second-order valence-electron chi connectivity index (χ2n) is 5.35. The van der Waals surface area contributed by atoms with Crippen LogP contribution < -0.4 is 5.32 Å². The summed E-state index contributed by atoms with van der Waals surface area (Å²) in [7, 11) is 0. The second-order valence-corrected chi connectivity index (χ2v) is 5.35. The summed E-state index contributed by atoms with van der Waals surface area (Å²) in [5, 5.41) is 3.41. The third-order valence-electron chi connectivity index (χ3n) is 3.90. The molecule has 0 aliphatic carbocycles. The summed E-state index contributed by atoms with van der Waals surface area (Å²) in [6.07, 6.45) is -2.02. The molecule has 1 aliphatic rings. The van der Waals surface area contributed by atoms with Crippen LogP contribution in [0.2, 0.25) is 0 Å². The van der Waals surface area contributed by atoms with Crippen LogP contribution in [0.5, 0.6) is 0 Å². The lowest BCUT2D eigenvalue weighted by atomic mass is 9.99. The molecule has 4 heteroatoms. The van der Waals surface area contributed by atoms with Crippen molar-refractivity contribution in [1.29, 1.82) is 0 Å². The fourth-order valence-electron chi connectivity index (χ4n) is 2.75. The number of alkyl halides is 3. The van der Waals surface area contributed by atoms with Crippen LogP contribution in [0.1, 0.15) is 30.0 Å². The molecule has 3 rings (SSSR count). The average molecular weight is 291 g/mol. The molecule has 0 amide bonds. The van der Waals surface area contributed by atoms with Crippen molar-refractivity contribution in [3.8, 4) is 11.1 Å². The Kier molecular flexibility index (Phi) is 3.72. The van der Waals surface area contributed by atoms with Gasteiger partial charge >= 0.3 is 6.18 Å². The van der Waals surface area contributed by atoms with Gasteiger partial charge in [-0.05, 0) is 48.2 Å². The Hall–Kier alpha value is -1.81. The number of rotatable bonds is 2. The Morgan fingerprint density at radius 3 is 2.33 bits per heavy atom. The van der Waals surface area contributed by atoms with E-state index in [0.717, 1.165) is 24.6 Å². The van der Waals surface area contributed by atoms with Gasteiger partial charge in [-0.3, -0.25) is 0 Å². The van der Waals surface area contributed by atoms with Crippen LogP contribution in [0.15, 0.2) is 48.5 Å². The number of halogens is 3. The van der Waals surface area contributed by atoms with Gasteiger partial charge in [0.1, 0.15) is 0 Å². The van der Waals surface area contributed by atoms with Gasteiger partial charge in [0, 0.05) is 6.04 Å². The van der Waals surface area contributed by atoms with E-state index in [-0.39, 0.29) is 0 Å². The van der Waals surface area contributed by atoms with E-state index in [1.165, 1.54) is 24.1 Å². The van der Waals surface area contributed by atoms with Gasteiger partial charge in [-0.25, -0.2) is 0 Å². The predicted molar refractivity (Wildman–Crippen MR) is 76.9 cm³/mol. The molecule has 0 radical (unpaired) electrons. The minimum Gasteiger partial charge on any atom is -0.310 e. The molecule has 1 aliphatic heterocycles. The first-order valence-corrected chi connectivity index (χ1v) is 7.05. The zero-order chi connectivity index (χ0) is 14.9. The van der Waals surface area contributed by atoms with Crippen molar-refractivity contribution in [2.24, 2.45) is 0 Å². The number of nitrogens with one attached hydrogen (secondary N) is 1. The summed E-state index contributed by atoms with van der Waals surface area (Å²) in [4.78, 5) is 0. The van der Waals surface area contributed by atoms with Crippen molar-refractivity contribution < 1.29 is 13.2 Å². The van der Waals surface area contributed by atoms with Gasteiger partial charge in [-0.2, -0.15) is 13.2 Å². The normalized spacial score (nSPS) is 18.9. The lowest BCUT2D eigenvalue weighted by Crippen LogP contribution is -2.12. The standard InChI is InChI=1S/C17H16F3N/c18-17(19,20)15-4-1-3-14(11-15)12-6-8-13(9-7-12)16-5-2-10-21-16/h1,3-4,6-9,11,16,21H,2,5,10H2. The van der Waals surface area contributed by atoms with E-state index >= 15 is 0 Å². The SMILES string of the molecule is FC(F)(F)c1cccc(-c2ccc(C3CCCN3)cc2)c1. The predicted octanol–water partition coefficient (Wildman–Crippen LogP) is 4.80. The first kappa shape index (κ1) is 14.1. The minimum absolute atomic E-state index is 0.376. The van der Waals surface area contributed by atoms with E-state index in [1.54, 1.807) is 6.07 Å². The first-order chi connectivity index (χ1) is 10.0. The van der Waals surface area contributed by atoms with Crippen LogP contribution in [-0.2, 0) is 6.18 Å². The quantitative estimate of drug-likeness (QED) is 0.838. The average Bonchev–Trinajstić information content (AvgIpc) is 3.01. The smallest absolute Gasteiger partial charge is 0.310 e. The van der Waals surface area contributed by atoms with E-state index in [4.69, 9.17) is 0 Å². The molecule has 110 valence electrons. The highest BCUT2D eigenvalue weighted by Gasteiger charge is 2.30. The molecule has 21 heavy (non-hydrogen) atoms. The van der Waals surface area contributed by atoms with Crippen molar-refractivity contribution >= 4 is 0 Å². The fourth-order valence-corrected chi connectivity index (χ4v) is 2.75. The molecule has 1 unspecified atom stereocenters. The summed E-state index contributed by atoms with van der Waals surface area (Å²) in [5.41, 5.74) is 1.99. The van der Waals surface area contributed by atoms with Gasteiger partial charge in [-0.15, -0.1) is 0 Å². The molecule has 1 N–H and O–H groups in total.